The largest absolute Gasteiger partial charge is 0.382 e. The number of allylic oxidation sites excluding steroid dienone is 1. The number of Topliss-reactive ketones (excluding diaryl/α,β-unsaturated/α-hetero) is 1. The molecule has 0 saturated heterocycles. The third kappa shape index (κ3) is 3.75. The molecule has 0 aromatic carbocycles. The van der Waals surface area contributed by atoms with Gasteiger partial charge in [0.15, 0.2) is 5.78 Å². The van der Waals surface area contributed by atoms with E-state index in [2.05, 4.69) is 0 Å². The van der Waals surface area contributed by atoms with Crippen LogP contribution in [0.2, 0.25) is 0 Å². The molecule has 0 saturated carbocycles. The van der Waals surface area contributed by atoms with Gasteiger partial charge < -0.3 is 4.90 Å². The van der Waals surface area contributed by atoms with Crippen LogP contribution in [0, 0.1) is 16.7 Å². The van der Waals surface area contributed by atoms with Crippen molar-refractivity contribution in [2.24, 2.45) is 5.41 Å². The quantitative estimate of drug-likeness (QED) is 0.478. The van der Waals surface area contributed by atoms with Gasteiger partial charge in [0, 0.05) is 25.7 Å². The normalized spacial score (nSPS) is 12.2. The number of nitriles is 1. The van der Waals surface area contributed by atoms with Crippen molar-refractivity contribution in [3.8, 4) is 6.07 Å². The van der Waals surface area contributed by atoms with Crippen LogP contribution in [-0.4, -0.2) is 24.8 Å². The molecule has 0 N–H and O–H groups in total. The monoisotopic (exact) mass is 180 g/mol. The molecule has 72 valence electrons. The second kappa shape index (κ2) is 4.08. The molecule has 0 aliphatic rings. The zero-order chi connectivity index (χ0) is 10.6. The van der Waals surface area contributed by atoms with Gasteiger partial charge in [-0.2, -0.15) is 5.26 Å². The zero-order valence-corrected chi connectivity index (χ0v) is 8.88. The molecule has 0 aliphatic heterocycles. The van der Waals surface area contributed by atoms with Crippen LogP contribution < -0.4 is 0 Å². The Morgan fingerprint density at radius 3 is 2.08 bits per heavy atom. The minimum atomic E-state index is -0.489. The number of nitrogens with zero attached hydrogens (tertiary/aromatic N) is 2. The number of hydrogen-bond acceptors (Lipinski definition) is 3. The molecule has 0 fully saturated rings. The maximum absolute atomic E-state index is 11.6. The Bertz CT molecular complexity index is 264. The van der Waals surface area contributed by atoms with E-state index in [1.54, 1.807) is 46.0 Å². The molecule has 0 spiro atoms. The number of ketones is 1. The zero-order valence-electron chi connectivity index (χ0n) is 8.88. The average molecular weight is 180 g/mol. The van der Waals surface area contributed by atoms with Gasteiger partial charge in [-0.15, -0.1) is 0 Å². The molecule has 0 amide bonds. The van der Waals surface area contributed by atoms with Gasteiger partial charge in [0.05, 0.1) is 0 Å². The SMILES string of the molecule is CN(C)C=C(C#N)C(=O)C(C)(C)C. The summed E-state index contributed by atoms with van der Waals surface area (Å²) in [5.41, 5.74) is -0.282. The van der Waals surface area contributed by atoms with Crippen LogP contribution in [0.3, 0.4) is 0 Å². The fourth-order valence-corrected chi connectivity index (χ4v) is 0.800. The van der Waals surface area contributed by atoms with E-state index in [0.717, 1.165) is 0 Å². The fraction of sp³-hybridized carbons (Fsp3) is 0.600. The molecule has 3 heteroatoms. The van der Waals surface area contributed by atoms with E-state index in [1.807, 2.05) is 6.07 Å². The summed E-state index contributed by atoms with van der Waals surface area (Å²) in [7, 11) is 3.57. The second-order valence-corrected chi connectivity index (χ2v) is 4.20. The molecule has 0 atom stereocenters. The predicted octanol–water partition coefficient (Wildman–Crippen LogP) is 1.57. The standard InChI is InChI=1S/C10H16N2O/c1-10(2,3)9(13)8(6-11)7-12(4)5/h7H,1-5H3. The van der Waals surface area contributed by atoms with E-state index in [0.29, 0.717) is 0 Å². The highest BCUT2D eigenvalue weighted by molar-refractivity contribution is 6.02. The second-order valence-electron chi connectivity index (χ2n) is 4.20. The van der Waals surface area contributed by atoms with Crippen molar-refractivity contribution < 1.29 is 4.79 Å². The van der Waals surface area contributed by atoms with Crippen molar-refractivity contribution in [1.82, 2.24) is 4.90 Å². The highest BCUT2D eigenvalue weighted by atomic mass is 16.1. The topological polar surface area (TPSA) is 44.1 Å². The first-order valence-corrected chi connectivity index (χ1v) is 4.12. The molecule has 0 unspecified atom stereocenters. The molecule has 0 rings (SSSR count). The Hall–Kier alpha value is -1.30. The first-order valence-electron chi connectivity index (χ1n) is 4.12. The summed E-state index contributed by atoms with van der Waals surface area (Å²) in [6.45, 7) is 5.41. The molecular formula is C10H16N2O. The fourth-order valence-electron chi connectivity index (χ4n) is 0.800. The first-order chi connectivity index (χ1) is 5.79. The lowest BCUT2D eigenvalue weighted by molar-refractivity contribution is -0.122. The molecular weight excluding hydrogens is 164 g/mol. The molecule has 13 heavy (non-hydrogen) atoms. The Morgan fingerprint density at radius 1 is 1.38 bits per heavy atom. The third-order valence-corrected chi connectivity index (χ3v) is 1.43. The van der Waals surface area contributed by atoms with Gasteiger partial charge in [0.1, 0.15) is 11.6 Å². The van der Waals surface area contributed by atoms with Crippen molar-refractivity contribution in [3.05, 3.63) is 11.8 Å². The van der Waals surface area contributed by atoms with Gasteiger partial charge in [0.2, 0.25) is 0 Å². The average Bonchev–Trinajstić information content (AvgIpc) is 1.96. The molecule has 0 radical (unpaired) electrons. The lowest BCUT2D eigenvalue weighted by Gasteiger charge is -2.16. The van der Waals surface area contributed by atoms with Gasteiger partial charge in [-0.1, -0.05) is 20.8 Å². The van der Waals surface area contributed by atoms with Crippen molar-refractivity contribution in [1.29, 1.82) is 5.26 Å². The summed E-state index contributed by atoms with van der Waals surface area (Å²) in [4.78, 5) is 13.3. The maximum atomic E-state index is 11.6. The highest BCUT2D eigenvalue weighted by Crippen LogP contribution is 2.19. The van der Waals surface area contributed by atoms with Gasteiger partial charge in [-0.25, -0.2) is 0 Å². The number of carbonyl (C=O) groups is 1. The molecule has 0 aliphatic carbocycles. The van der Waals surface area contributed by atoms with E-state index in [-0.39, 0.29) is 11.4 Å². The number of hydrogen-bond donors (Lipinski definition) is 0. The Labute approximate surface area is 79.6 Å². The van der Waals surface area contributed by atoms with Crippen molar-refractivity contribution in [2.75, 3.05) is 14.1 Å². The molecule has 0 aromatic heterocycles. The van der Waals surface area contributed by atoms with E-state index < -0.39 is 5.41 Å². The minimum Gasteiger partial charge on any atom is -0.382 e. The lowest BCUT2D eigenvalue weighted by atomic mass is 9.87. The molecule has 0 heterocycles. The van der Waals surface area contributed by atoms with Gasteiger partial charge in [-0.05, 0) is 0 Å². The summed E-state index contributed by atoms with van der Waals surface area (Å²) in [5.74, 6) is -0.122. The third-order valence-electron chi connectivity index (χ3n) is 1.43. The van der Waals surface area contributed by atoms with Gasteiger partial charge in [0.25, 0.3) is 0 Å². The summed E-state index contributed by atoms with van der Waals surface area (Å²) < 4.78 is 0. The van der Waals surface area contributed by atoms with E-state index in [4.69, 9.17) is 5.26 Å². The maximum Gasteiger partial charge on any atom is 0.180 e. The van der Waals surface area contributed by atoms with Gasteiger partial charge in [-0.3, -0.25) is 4.79 Å². The van der Waals surface area contributed by atoms with Gasteiger partial charge >= 0.3 is 0 Å². The lowest BCUT2D eigenvalue weighted by Crippen LogP contribution is -2.22. The number of carbonyl (C=O) groups excluding carboxylic acids is 1. The molecule has 0 bridgehead atoms. The smallest absolute Gasteiger partial charge is 0.180 e. The van der Waals surface area contributed by atoms with Crippen LogP contribution in [0.5, 0.6) is 0 Å². The summed E-state index contributed by atoms with van der Waals surface area (Å²) in [6, 6.07) is 1.91. The highest BCUT2D eigenvalue weighted by Gasteiger charge is 2.24. The van der Waals surface area contributed by atoms with Crippen LogP contribution in [0.15, 0.2) is 11.8 Å². The minimum absolute atomic E-state index is 0.122. The first kappa shape index (κ1) is 11.7. The van der Waals surface area contributed by atoms with E-state index in [9.17, 15) is 4.79 Å². The molecule has 0 aromatic rings. The van der Waals surface area contributed by atoms with Crippen LogP contribution >= 0.6 is 0 Å². The van der Waals surface area contributed by atoms with E-state index >= 15 is 0 Å². The summed E-state index contributed by atoms with van der Waals surface area (Å²) >= 11 is 0. The number of rotatable bonds is 2. The van der Waals surface area contributed by atoms with Crippen LogP contribution in [0.1, 0.15) is 20.8 Å². The predicted molar refractivity (Wildman–Crippen MR) is 51.8 cm³/mol. The van der Waals surface area contributed by atoms with Crippen LogP contribution in [-0.2, 0) is 4.79 Å². The Morgan fingerprint density at radius 2 is 1.85 bits per heavy atom. The molecule has 3 nitrogen and oxygen atoms in total. The summed E-state index contributed by atoms with van der Waals surface area (Å²) in [5, 5.41) is 8.74. The van der Waals surface area contributed by atoms with E-state index in [1.165, 1.54) is 0 Å². The van der Waals surface area contributed by atoms with Crippen LogP contribution in [0.4, 0.5) is 0 Å². The Kier molecular flexibility index (Phi) is 3.68. The Balaban J connectivity index is 4.85. The van der Waals surface area contributed by atoms with Crippen molar-refractivity contribution in [2.45, 2.75) is 20.8 Å². The van der Waals surface area contributed by atoms with Crippen molar-refractivity contribution in [3.63, 3.8) is 0 Å². The van der Waals surface area contributed by atoms with Crippen molar-refractivity contribution >= 4 is 5.78 Å². The summed E-state index contributed by atoms with van der Waals surface area (Å²) in [6.07, 6.45) is 1.55. The van der Waals surface area contributed by atoms with Crippen LogP contribution in [0.25, 0.3) is 0 Å².